The molecule has 0 aromatic heterocycles. The second-order valence-corrected chi connectivity index (χ2v) is 8.44. The minimum absolute atomic E-state index is 0.0256. The van der Waals surface area contributed by atoms with Crippen LogP contribution in [0.2, 0.25) is 0 Å². The summed E-state index contributed by atoms with van der Waals surface area (Å²) >= 11 is 0. The minimum atomic E-state index is -0.501. The first-order chi connectivity index (χ1) is 11.4. The van der Waals surface area contributed by atoms with E-state index < -0.39 is 5.60 Å². The van der Waals surface area contributed by atoms with Crippen LogP contribution >= 0.6 is 0 Å². The van der Waals surface area contributed by atoms with Gasteiger partial charge >= 0.3 is 5.97 Å². The lowest BCUT2D eigenvalue weighted by atomic mass is 10.0. The number of esters is 1. The normalized spacial score (nSPS) is 13.2. The number of ether oxygens (including phenoxy) is 1. The summed E-state index contributed by atoms with van der Waals surface area (Å²) in [5.41, 5.74) is 0.277. The van der Waals surface area contributed by atoms with Crippen LogP contribution in [-0.4, -0.2) is 23.0 Å². The van der Waals surface area contributed by atoms with Crippen LogP contribution in [0.15, 0.2) is 23.8 Å². The molecule has 0 aliphatic carbocycles. The third-order valence-electron chi connectivity index (χ3n) is 3.21. The van der Waals surface area contributed by atoms with Gasteiger partial charge in [0.05, 0.1) is 0 Å². The molecule has 4 nitrogen and oxygen atoms in total. The quantitative estimate of drug-likeness (QED) is 0.272. The topological polar surface area (TPSA) is 55.4 Å². The zero-order valence-electron chi connectivity index (χ0n) is 17.2. The number of hydrogen-bond donors (Lipinski definition) is 1. The number of carbonyl (C=O) groups excluding carboxylic acids is 2. The molecule has 0 fully saturated rings. The molecule has 0 saturated carbocycles. The van der Waals surface area contributed by atoms with Gasteiger partial charge in [0.25, 0.3) is 0 Å². The first-order valence-electron chi connectivity index (χ1n) is 9.34. The highest BCUT2D eigenvalue weighted by atomic mass is 16.6. The molecule has 0 radical (unpaired) electrons. The van der Waals surface area contributed by atoms with Crippen molar-refractivity contribution < 1.29 is 14.3 Å². The lowest BCUT2D eigenvalue weighted by molar-refractivity contribution is -0.148. The van der Waals surface area contributed by atoms with Crippen molar-refractivity contribution in [2.75, 3.05) is 0 Å². The van der Waals surface area contributed by atoms with E-state index in [1.165, 1.54) is 18.9 Å². The molecule has 144 valence electrons. The summed E-state index contributed by atoms with van der Waals surface area (Å²) in [5.74, 6) is -0.330. The van der Waals surface area contributed by atoms with Crippen molar-refractivity contribution in [1.82, 2.24) is 5.32 Å². The standard InChI is InChI=1S/C21H37NO3/c1-8-9-10-11-12-17(13-15-18(23)22-20(2,3)4)14-16-19(24)25-21(5,6)7/h12,14,16H,8-11,13,15H2,1-7H3,(H,22,23)/b16-14+,17-12+. The molecule has 0 saturated heterocycles. The Hall–Kier alpha value is -1.58. The van der Waals surface area contributed by atoms with Gasteiger partial charge in [-0.15, -0.1) is 0 Å². The molecule has 4 heteroatoms. The molecular weight excluding hydrogens is 314 g/mol. The number of unbranched alkanes of at least 4 members (excludes halogenated alkanes) is 3. The molecule has 0 unspecified atom stereocenters. The molecule has 0 aliphatic heterocycles. The van der Waals surface area contributed by atoms with Crippen LogP contribution in [-0.2, 0) is 14.3 Å². The van der Waals surface area contributed by atoms with Crippen molar-refractivity contribution in [3.8, 4) is 0 Å². The third kappa shape index (κ3) is 15.7. The van der Waals surface area contributed by atoms with Crippen LogP contribution in [0.3, 0.4) is 0 Å². The van der Waals surface area contributed by atoms with Crippen molar-refractivity contribution in [3.05, 3.63) is 23.8 Å². The van der Waals surface area contributed by atoms with Crippen LogP contribution in [0, 0.1) is 0 Å². The Kier molecular flexibility index (Phi) is 10.4. The van der Waals surface area contributed by atoms with Gasteiger partial charge in [0.15, 0.2) is 0 Å². The first kappa shape index (κ1) is 23.4. The van der Waals surface area contributed by atoms with Crippen LogP contribution < -0.4 is 5.32 Å². The van der Waals surface area contributed by atoms with Crippen molar-refractivity contribution in [3.63, 3.8) is 0 Å². The molecule has 0 atom stereocenters. The smallest absolute Gasteiger partial charge is 0.331 e. The summed E-state index contributed by atoms with van der Waals surface area (Å²) in [7, 11) is 0. The van der Waals surface area contributed by atoms with Crippen molar-refractivity contribution in [1.29, 1.82) is 0 Å². The average Bonchev–Trinajstić information content (AvgIpc) is 2.41. The summed E-state index contributed by atoms with van der Waals surface area (Å²) in [6.45, 7) is 13.6. The highest BCUT2D eigenvalue weighted by molar-refractivity contribution is 5.83. The largest absolute Gasteiger partial charge is 0.457 e. The minimum Gasteiger partial charge on any atom is -0.457 e. The Morgan fingerprint density at radius 2 is 1.60 bits per heavy atom. The maximum absolute atomic E-state index is 12.0. The van der Waals surface area contributed by atoms with E-state index >= 15 is 0 Å². The maximum Gasteiger partial charge on any atom is 0.331 e. The summed E-state index contributed by atoms with van der Waals surface area (Å²) in [6, 6.07) is 0. The number of carbonyl (C=O) groups is 2. The maximum atomic E-state index is 12.0. The van der Waals surface area contributed by atoms with Gasteiger partial charge < -0.3 is 10.1 Å². The summed E-state index contributed by atoms with van der Waals surface area (Å²) in [5, 5.41) is 2.96. The monoisotopic (exact) mass is 351 g/mol. The third-order valence-corrected chi connectivity index (χ3v) is 3.21. The summed E-state index contributed by atoms with van der Waals surface area (Å²) in [4.78, 5) is 23.9. The molecule has 0 bridgehead atoms. The highest BCUT2D eigenvalue weighted by Gasteiger charge is 2.15. The molecule has 1 N–H and O–H groups in total. The highest BCUT2D eigenvalue weighted by Crippen LogP contribution is 2.13. The first-order valence-corrected chi connectivity index (χ1v) is 9.34. The van der Waals surface area contributed by atoms with E-state index in [0.29, 0.717) is 12.8 Å². The number of amides is 1. The van der Waals surface area contributed by atoms with E-state index in [-0.39, 0.29) is 17.4 Å². The van der Waals surface area contributed by atoms with Gasteiger partial charge in [0.2, 0.25) is 5.91 Å². The summed E-state index contributed by atoms with van der Waals surface area (Å²) in [6.07, 6.45) is 10.8. The zero-order valence-corrected chi connectivity index (χ0v) is 17.2. The van der Waals surface area contributed by atoms with Crippen LogP contribution in [0.5, 0.6) is 0 Å². The average molecular weight is 352 g/mol. The molecule has 0 aromatic rings. The van der Waals surface area contributed by atoms with Gasteiger partial charge in [-0.05, 0) is 60.8 Å². The molecule has 1 amide bonds. The molecule has 0 aliphatic rings. The fraction of sp³-hybridized carbons (Fsp3) is 0.714. The van der Waals surface area contributed by atoms with Gasteiger partial charge in [-0.25, -0.2) is 4.79 Å². The van der Waals surface area contributed by atoms with E-state index in [4.69, 9.17) is 4.74 Å². The van der Waals surface area contributed by atoms with Gasteiger partial charge in [-0.3, -0.25) is 4.79 Å². The van der Waals surface area contributed by atoms with E-state index in [2.05, 4.69) is 18.3 Å². The zero-order chi connectivity index (χ0) is 19.5. The lowest BCUT2D eigenvalue weighted by Crippen LogP contribution is -2.40. The van der Waals surface area contributed by atoms with Crippen molar-refractivity contribution >= 4 is 11.9 Å². The van der Waals surface area contributed by atoms with E-state index in [9.17, 15) is 9.59 Å². The Labute approximate surface area is 154 Å². The predicted molar refractivity (Wildman–Crippen MR) is 104 cm³/mol. The molecule has 0 rings (SSSR count). The Balaban J connectivity index is 4.75. The molecule has 0 aromatic carbocycles. The fourth-order valence-electron chi connectivity index (χ4n) is 2.18. The van der Waals surface area contributed by atoms with Gasteiger partial charge in [-0.2, -0.15) is 0 Å². The number of allylic oxidation sites excluding steroid dienone is 3. The predicted octanol–water partition coefficient (Wildman–Crippen LogP) is 5.09. The van der Waals surface area contributed by atoms with Crippen LogP contribution in [0.1, 0.15) is 87.0 Å². The van der Waals surface area contributed by atoms with Gasteiger partial charge in [0, 0.05) is 18.0 Å². The molecular formula is C21H37NO3. The van der Waals surface area contributed by atoms with E-state index in [1.54, 1.807) is 6.08 Å². The molecule has 25 heavy (non-hydrogen) atoms. The Bertz CT molecular complexity index is 476. The number of rotatable bonds is 9. The van der Waals surface area contributed by atoms with Gasteiger partial charge in [-0.1, -0.05) is 37.5 Å². The number of hydrogen-bond acceptors (Lipinski definition) is 3. The Morgan fingerprint density at radius 3 is 2.12 bits per heavy atom. The number of nitrogens with one attached hydrogen (secondary N) is 1. The van der Waals surface area contributed by atoms with Crippen molar-refractivity contribution in [2.24, 2.45) is 0 Å². The second-order valence-electron chi connectivity index (χ2n) is 8.44. The SMILES string of the molecule is CCCCC/C=C(/C=C/C(=O)OC(C)(C)C)CCC(=O)NC(C)(C)C. The van der Waals surface area contributed by atoms with E-state index in [1.807, 2.05) is 41.5 Å². The van der Waals surface area contributed by atoms with Gasteiger partial charge in [0.1, 0.15) is 5.60 Å². The fourth-order valence-corrected chi connectivity index (χ4v) is 2.18. The van der Waals surface area contributed by atoms with Crippen LogP contribution in [0.25, 0.3) is 0 Å². The molecule has 0 spiro atoms. The summed E-state index contributed by atoms with van der Waals surface area (Å²) < 4.78 is 5.29. The lowest BCUT2D eigenvalue weighted by Gasteiger charge is -2.20. The van der Waals surface area contributed by atoms with Crippen molar-refractivity contribution in [2.45, 2.75) is 98.1 Å². The Morgan fingerprint density at radius 1 is 0.960 bits per heavy atom. The second kappa shape index (κ2) is 11.1. The van der Waals surface area contributed by atoms with Crippen LogP contribution in [0.4, 0.5) is 0 Å². The molecule has 0 heterocycles. The van der Waals surface area contributed by atoms with E-state index in [0.717, 1.165) is 18.4 Å².